The number of amides is 2. The summed E-state index contributed by atoms with van der Waals surface area (Å²) in [6.45, 7) is 3.24. The zero-order chi connectivity index (χ0) is 19.5. The van der Waals surface area contributed by atoms with Crippen LogP contribution >= 0.6 is 11.3 Å². The third-order valence-corrected chi connectivity index (χ3v) is 5.93. The summed E-state index contributed by atoms with van der Waals surface area (Å²) in [5.41, 5.74) is 3.67. The summed E-state index contributed by atoms with van der Waals surface area (Å²) in [5.74, 6) is 0.0804. The molecular weight excluding hydrogens is 370 g/mol. The Labute approximate surface area is 168 Å². The van der Waals surface area contributed by atoms with Crippen molar-refractivity contribution in [2.75, 3.05) is 13.1 Å². The van der Waals surface area contributed by atoms with Gasteiger partial charge in [-0.2, -0.15) is 0 Å². The number of rotatable bonds is 6. The third-order valence-electron chi connectivity index (χ3n) is 5.16. The molecule has 1 aliphatic carbocycles. The quantitative estimate of drug-likeness (QED) is 0.815. The minimum absolute atomic E-state index is 0.0845. The lowest BCUT2D eigenvalue weighted by Gasteiger charge is -2.25. The lowest BCUT2D eigenvalue weighted by molar-refractivity contribution is -0.128. The molecule has 0 radical (unpaired) electrons. The fourth-order valence-corrected chi connectivity index (χ4v) is 4.27. The average molecular weight is 394 g/mol. The Bertz CT molecular complexity index is 946. The van der Waals surface area contributed by atoms with Crippen LogP contribution in [0.5, 0.6) is 0 Å². The van der Waals surface area contributed by atoms with Gasteiger partial charge in [-0.1, -0.05) is 36.4 Å². The third kappa shape index (κ3) is 4.07. The second-order valence-corrected chi connectivity index (χ2v) is 8.23. The van der Waals surface area contributed by atoms with Gasteiger partial charge in [-0.05, 0) is 37.0 Å². The number of hydrogen-bond donors (Lipinski definition) is 1. The summed E-state index contributed by atoms with van der Waals surface area (Å²) in [5, 5.41) is 6.18. The van der Waals surface area contributed by atoms with Crippen LogP contribution in [0.2, 0.25) is 0 Å². The van der Waals surface area contributed by atoms with Gasteiger partial charge in [0.15, 0.2) is 0 Å². The van der Waals surface area contributed by atoms with Crippen LogP contribution in [-0.2, 0) is 9.59 Å². The van der Waals surface area contributed by atoms with Crippen LogP contribution in [0.25, 0.3) is 5.57 Å². The van der Waals surface area contributed by atoms with Gasteiger partial charge in [-0.15, -0.1) is 11.3 Å². The van der Waals surface area contributed by atoms with E-state index in [0.29, 0.717) is 19.4 Å². The Hall–Kier alpha value is -2.73. The molecule has 2 aliphatic rings. The lowest BCUT2D eigenvalue weighted by Crippen LogP contribution is -2.39. The number of likely N-dealkylation sites (tertiary alicyclic amines) is 1. The first kappa shape index (κ1) is 18.6. The van der Waals surface area contributed by atoms with Crippen molar-refractivity contribution < 1.29 is 9.59 Å². The number of carbonyl (C=O) groups excluding carboxylic acids is 2. The summed E-state index contributed by atoms with van der Waals surface area (Å²) in [6, 6.07) is 9.64. The monoisotopic (exact) mass is 393 g/mol. The summed E-state index contributed by atoms with van der Waals surface area (Å²) in [6.07, 6.45) is 6.06. The van der Waals surface area contributed by atoms with Crippen molar-refractivity contribution >= 4 is 28.7 Å². The van der Waals surface area contributed by atoms with E-state index in [-0.39, 0.29) is 17.9 Å². The summed E-state index contributed by atoms with van der Waals surface area (Å²) >= 11 is 1.61. The van der Waals surface area contributed by atoms with Gasteiger partial charge in [-0.3, -0.25) is 9.59 Å². The fraction of sp³-hybridized carbons (Fsp3) is 0.318. The highest BCUT2D eigenvalue weighted by Crippen LogP contribution is 2.28. The number of nitrogens with one attached hydrogen (secondary N) is 1. The van der Waals surface area contributed by atoms with Crippen molar-refractivity contribution in [1.82, 2.24) is 15.2 Å². The highest BCUT2D eigenvalue weighted by Gasteiger charge is 2.26. The number of allylic oxidation sites excluding steroid dienone is 3. The summed E-state index contributed by atoms with van der Waals surface area (Å²) in [7, 11) is 0. The Morgan fingerprint density at radius 3 is 2.82 bits per heavy atom. The maximum atomic E-state index is 12.9. The molecule has 4 rings (SSSR count). The molecule has 144 valence electrons. The number of hydrogen-bond acceptors (Lipinski definition) is 4. The van der Waals surface area contributed by atoms with Crippen molar-refractivity contribution in [1.29, 1.82) is 0 Å². The van der Waals surface area contributed by atoms with E-state index in [0.717, 1.165) is 40.4 Å². The predicted molar refractivity (Wildman–Crippen MR) is 111 cm³/mol. The molecule has 0 saturated carbocycles. The average Bonchev–Trinajstić information content (AvgIpc) is 3.43. The van der Waals surface area contributed by atoms with E-state index in [2.05, 4.69) is 10.3 Å². The smallest absolute Gasteiger partial charge is 0.248 e. The molecule has 28 heavy (non-hydrogen) atoms. The number of aryl methyl sites for hydroxylation is 1. The standard InChI is InChI=1S/C22H23N3O2S/c1-15-23-20(14-28-15)17-9-10-18(12-17)22(27)24-19(16-6-3-2-4-7-16)13-25-11-5-8-21(25)26/h2-4,6-7,9,12,14,19H,5,8,10-11,13H2,1H3,(H,24,27). The van der Waals surface area contributed by atoms with Crippen molar-refractivity contribution in [2.45, 2.75) is 32.2 Å². The molecule has 1 aromatic heterocycles. The van der Waals surface area contributed by atoms with Crippen LogP contribution in [0.15, 0.2) is 53.4 Å². The SMILES string of the molecule is Cc1nc(C2=CCC(C(=O)NC(CN3CCCC3=O)c3ccccc3)=C2)cs1. The molecule has 6 heteroatoms. The molecule has 2 aromatic rings. The molecule has 1 atom stereocenters. The Balaban J connectivity index is 1.49. The molecular formula is C22H23N3O2S. The Kier molecular flexibility index (Phi) is 5.39. The van der Waals surface area contributed by atoms with Gasteiger partial charge in [0.05, 0.1) is 16.7 Å². The van der Waals surface area contributed by atoms with Gasteiger partial charge >= 0.3 is 0 Å². The number of aromatic nitrogens is 1. The van der Waals surface area contributed by atoms with Gasteiger partial charge in [0, 0.05) is 30.5 Å². The highest BCUT2D eigenvalue weighted by molar-refractivity contribution is 7.09. The second kappa shape index (κ2) is 8.10. The van der Waals surface area contributed by atoms with E-state index in [9.17, 15) is 9.59 Å². The van der Waals surface area contributed by atoms with E-state index < -0.39 is 0 Å². The van der Waals surface area contributed by atoms with Gasteiger partial charge < -0.3 is 10.2 Å². The molecule has 0 spiro atoms. The van der Waals surface area contributed by atoms with Crippen molar-refractivity contribution in [3.63, 3.8) is 0 Å². The molecule has 1 fully saturated rings. The molecule has 5 nitrogen and oxygen atoms in total. The number of benzene rings is 1. The zero-order valence-electron chi connectivity index (χ0n) is 15.9. The number of nitrogens with zero attached hydrogens (tertiary/aromatic N) is 2. The van der Waals surface area contributed by atoms with Crippen molar-refractivity contribution in [3.05, 3.63) is 69.7 Å². The van der Waals surface area contributed by atoms with Crippen LogP contribution < -0.4 is 5.32 Å². The minimum atomic E-state index is -0.220. The molecule has 0 bridgehead atoms. The topological polar surface area (TPSA) is 62.3 Å². The largest absolute Gasteiger partial charge is 0.344 e. The minimum Gasteiger partial charge on any atom is -0.344 e. The fourth-order valence-electron chi connectivity index (χ4n) is 3.65. The maximum absolute atomic E-state index is 12.9. The summed E-state index contributed by atoms with van der Waals surface area (Å²) in [4.78, 5) is 31.4. The molecule has 2 amide bonds. The Morgan fingerprint density at radius 1 is 1.32 bits per heavy atom. The zero-order valence-corrected chi connectivity index (χ0v) is 16.7. The molecule has 1 unspecified atom stereocenters. The molecule has 1 N–H and O–H groups in total. The maximum Gasteiger partial charge on any atom is 0.248 e. The lowest BCUT2D eigenvalue weighted by atomic mass is 10.1. The van der Waals surface area contributed by atoms with Crippen molar-refractivity contribution in [2.24, 2.45) is 0 Å². The normalized spacial score (nSPS) is 17.5. The van der Waals surface area contributed by atoms with Crippen LogP contribution in [0.4, 0.5) is 0 Å². The molecule has 1 aromatic carbocycles. The van der Waals surface area contributed by atoms with Gasteiger partial charge in [-0.25, -0.2) is 4.98 Å². The van der Waals surface area contributed by atoms with E-state index in [1.165, 1.54) is 0 Å². The molecule has 1 aliphatic heterocycles. The first-order valence-electron chi connectivity index (χ1n) is 9.57. The van der Waals surface area contributed by atoms with Crippen LogP contribution in [0.1, 0.15) is 41.6 Å². The summed E-state index contributed by atoms with van der Waals surface area (Å²) < 4.78 is 0. The van der Waals surface area contributed by atoms with E-state index in [4.69, 9.17) is 0 Å². The molecule has 2 heterocycles. The van der Waals surface area contributed by atoms with Crippen LogP contribution in [-0.4, -0.2) is 34.8 Å². The first-order chi connectivity index (χ1) is 13.6. The second-order valence-electron chi connectivity index (χ2n) is 7.16. The number of carbonyl (C=O) groups is 2. The first-order valence-corrected chi connectivity index (χ1v) is 10.4. The van der Waals surface area contributed by atoms with E-state index in [1.54, 1.807) is 11.3 Å². The van der Waals surface area contributed by atoms with Crippen LogP contribution in [0, 0.1) is 6.92 Å². The Morgan fingerprint density at radius 2 is 2.14 bits per heavy atom. The van der Waals surface area contributed by atoms with Crippen molar-refractivity contribution in [3.8, 4) is 0 Å². The van der Waals surface area contributed by atoms with Gasteiger partial charge in [0.2, 0.25) is 11.8 Å². The van der Waals surface area contributed by atoms with Gasteiger partial charge in [0.1, 0.15) is 0 Å². The highest BCUT2D eigenvalue weighted by atomic mass is 32.1. The van der Waals surface area contributed by atoms with Gasteiger partial charge in [0.25, 0.3) is 0 Å². The van der Waals surface area contributed by atoms with E-state index >= 15 is 0 Å². The van der Waals surface area contributed by atoms with Crippen LogP contribution in [0.3, 0.4) is 0 Å². The van der Waals surface area contributed by atoms with E-state index in [1.807, 2.05) is 59.7 Å². The molecule has 1 saturated heterocycles. The number of thiazole rings is 1. The predicted octanol–water partition coefficient (Wildman–Crippen LogP) is 3.64.